The van der Waals surface area contributed by atoms with E-state index in [4.69, 9.17) is 4.74 Å². The lowest BCUT2D eigenvalue weighted by Gasteiger charge is -2.31. The van der Waals surface area contributed by atoms with E-state index in [1.165, 1.54) is 12.8 Å². The summed E-state index contributed by atoms with van der Waals surface area (Å²) in [6.07, 6.45) is 7.27. The van der Waals surface area contributed by atoms with Crippen LogP contribution in [0, 0.1) is 5.92 Å². The number of amides is 1. The summed E-state index contributed by atoms with van der Waals surface area (Å²) in [6.45, 7) is 4.66. The molecule has 1 saturated heterocycles. The van der Waals surface area contributed by atoms with E-state index < -0.39 is 0 Å². The molecule has 3 aromatic rings. The lowest BCUT2D eigenvalue weighted by Crippen LogP contribution is -2.34. The highest BCUT2D eigenvalue weighted by atomic mass is 16.5. The van der Waals surface area contributed by atoms with Gasteiger partial charge in [-0.05, 0) is 36.5 Å². The van der Waals surface area contributed by atoms with Crippen molar-refractivity contribution in [3.05, 3.63) is 60.4 Å². The zero-order valence-corrected chi connectivity index (χ0v) is 17.3. The van der Waals surface area contributed by atoms with Crippen LogP contribution in [0.4, 0.5) is 5.82 Å². The summed E-state index contributed by atoms with van der Waals surface area (Å²) < 4.78 is 6.96. The maximum absolute atomic E-state index is 12.5. The normalized spacial score (nSPS) is 16.3. The Balaban J connectivity index is 1.43. The van der Waals surface area contributed by atoms with E-state index in [1.807, 2.05) is 30.3 Å². The number of ether oxygens (including phenoxy) is 1. The largest absolute Gasteiger partial charge is 0.497 e. The van der Waals surface area contributed by atoms with Crippen LogP contribution in [0.15, 0.2) is 49.2 Å². The number of carbonyl (C=O) groups is 1. The minimum Gasteiger partial charge on any atom is -0.497 e. The first-order valence-electron chi connectivity index (χ1n) is 10.1. The Morgan fingerprint density at radius 3 is 2.93 bits per heavy atom. The predicted molar refractivity (Wildman–Crippen MR) is 114 cm³/mol. The highest BCUT2D eigenvalue weighted by Gasteiger charge is 2.18. The number of piperidine rings is 1. The fourth-order valence-corrected chi connectivity index (χ4v) is 3.67. The Morgan fingerprint density at radius 1 is 1.23 bits per heavy atom. The molecule has 0 spiro atoms. The number of rotatable bonds is 6. The van der Waals surface area contributed by atoms with Gasteiger partial charge < -0.3 is 15.0 Å². The van der Waals surface area contributed by atoms with Gasteiger partial charge in [-0.25, -0.2) is 15.0 Å². The van der Waals surface area contributed by atoms with Gasteiger partial charge in [0.25, 0.3) is 5.91 Å². The number of imidazole rings is 1. The smallest absolute Gasteiger partial charge is 0.271 e. The highest BCUT2D eigenvalue weighted by Crippen LogP contribution is 2.22. The molecule has 0 bridgehead atoms. The average molecular weight is 406 g/mol. The molecular weight excluding hydrogens is 380 g/mol. The molecule has 30 heavy (non-hydrogen) atoms. The molecule has 1 aliphatic rings. The molecule has 0 radical (unpaired) electrons. The quantitative estimate of drug-likeness (QED) is 0.678. The van der Waals surface area contributed by atoms with Gasteiger partial charge in [-0.2, -0.15) is 0 Å². The molecule has 1 aromatic carbocycles. The van der Waals surface area contributed by atoms with E-state index in [1.54, 1.807) is 30.5 Å². The van der Waals surface area contributed by atoms with E-state index in [9.17, 15) is 4.79 Å². The minimum atomic E-state index is -0.240. The summed E-state index contributed by atoms with van der Waals surface area (Å²) in [7, 11) is 1.62. The number of anilines is 1. The second-order valence-electron chi connectivity index (χ2n) is 7.63. The van der Waals surface area contributed by atoms with Crippen molar-refractivity contribution in [3.63, 3.8) is 0 Å². The van der Waals surface area contributed by atoms with Gasteiger partial charge >= 0.3 is 0 Å². The maximum Gasteiger partial charge on any atom is 0.271 e. The number of hydrogen-bond acceptors (Lipinski definition) is 6. The Kier molecular flexibility index (Phi) is 5.92. The van der Waals surface area contributed by atoms with Gasteiger partial charge in [0, 0.05) is 31.9 Å². The van der Waals surface area contributed by atoms with Crippen molar-refractivity contribution in [1.82, 2.24) is 24.8 Å². The van der Waals surface area contributed by atoms with Gasteiger partial charge in [-0.3, -0.25) is 9.36 Å². The summed E-state index contributed by atoms with van der Waals surface area (Å²) in [5, 5.41) is 2.89. The van der Waals surface area contributed by atoms with Crippen LogP contribution in [-0.4, -0.2) is 45.6 Å². The van der Waals surface area contributed by atoms with Crippen molar-refractivity contribution in [1.29, 1.82) is 0 Å². The van der Waals surface area contributed by atoms with Gasteiger partial charge in [0.15, 0.2) is 0 Å². The zero-order chi connectivity index (χ0) is 20.9. The number of hydrogen-bond donors (Lipinski definition) is 1. The van der Waals surface area contributed by atoms with Crippen molar-refractivity contribution in [2.45, 2.75) is 26.3 Å². The molecule has 156 valence electrons. The Hall–Kier alpha value is -3.42. The third-order valence-electron chi connectivity index (χ3n) is 5.29. The number of methoxy groups -OCH3 is 1. The SMILES string of the molecule is COc1cccc(CNC(=O)c2cn(-c3cc(N4CCCC(C)C4)ncn3)cn2)c1. The summed E-state index contributed by atoms with van der Waals surface area (Å²) >= 11 is 0. The number of nitrogens with one attached hydrogen (secondary N) is 1. The van der Waals surface area contributed by atoms with Gasteiger partial charge in [0.05, 0.1) is 7.11 Å². The topological polar surface area (TPSA) is 85.2 Å². The number of carbonyl (C=O) groups excluding carboxylic acids is 1. The van der Waals surface area contributed by atoms with Crippen LogP contribution in [0.2, 0.25) is 0 Å². The molecule has 1 N–H and O–H groups in total. The lowest BCUT2D eigenvalue weighted by atomic mass is 10.0. The molecule has 2 aromatic heterocycles. The van der Waals surface area contributed by atoms with E-state index in [2.05, 4.69) is 32.1 Å². The molecule has 0 saturated carbocycles. The van der Waals surface area contributed by atoms with Gasteiger partial charge in [0.1, 0.15) is 35.7 Å². The molecule has 1 amide bonds. The van der Waals surface area contributed by atoms with Crippen molar-refractivity contribution >= 4 is 11.7 Å². The fourth-order valence-electron chi connectivity index (χ4n) is 3.67. The van der Waals surface area contributed by atoms with Crippen molar-refractivity contribution in [2.75, 3.05) is 25.1 Å². The van der Waals surface area contributed by atoms with Crippen LogP contribution in [0.5, 0.6) is 5.75 Å². The zero-order valence-electron chi connectivity index (χ0n) is 17.3. The second-order valence-corrected chi connectivity index (χ2v) is 7.63. The third-order valence-corrected chi connectivity index (χ3v) is 5.29. The molecule has 3 heterocycles. The second kappa shape index (κ2) is 8.94. The lowest BCUT2D eigenvalue weighted by molar-refractivity contribution is 0.0946. The number of nitrogens with zero attached hydrogens (tertiary/aromatic N) is 5. The van der Waals surface area contributed by atoms with E-state index >= 15 is 0 Å². The van der Waals surface area contributed by atoms with Gasteiger partial charge in [0.2, 0.25) is 0 Å². The highest BCUT2D eigenvalue weighted by molar-refractivity contribution is 5.92. The van der Waals surface area contributed by atoms with Crippen molar-refractivity contribution in [3.8, 4) is 11.6 Å². The van der Waals surface area contributed by atoms with Crippen LogP contribution >= 0.6 is 0 Å². The maximum atomic E-state index is 12.5. The summed E-state index contributed by atoms with van der Waals surface area (Å²) in [4.78, 5) is 27.8. The molecule has 1 atom stereocenters. The molecular formula is C22H26N6O2. The predicted octanol–water partition coefficient (Wildman–Crippen LogP) is 2.84. The van der Waals surface area contributed by atoms with Crippen LogP contribution < -0.4 is 15.0 Å². The molecule has 4 rings (SSSR count). The fraction of sp³-hybridized carbons (Fsp3) is 0.364. The molecule has 1 unspecified atom stereocenters. The summed E-state index contributed by atoms with van der Waals surface area (Å²) in [5.74, 6) is 2.77. The minimum absolute atomic E-state index is 0.240. The van der Waals surface area contributed by atoms with E-state index in [0.29, 0.717) is 24.0 Å². The van der Waals surface area contributed by atoms with Gasteiger partial charge in [-0.1, -0.05) is 19.1 Å². The number of aromatic nitrogens is 4. The van der Waals surface area contributed by atoms with E-state index in [-0.39, 0.29) is 5.91 Å². The third kappa shape index (κ3) is 4.59. The van der Waals surface area contributed by atoms with Crippen LogP contribution in [0.25, 0.3) is 5.82 Å². The average Bonchev–Trinajstić information content (AvgIpc) is 3.28. The monoisotopic (exact) mass is 406 g/mol. The summed E-state index contributed by atoms with van der Waals surface area (Å²) in [5.41, 5.74) is 1.29. The molecule has 1 aliphatic heterocycles. The van der Waals surface area contributed by atoms with E-state index in [0.717, 1.165) is 30.2 Å². The van der Waals surface area contributed by atoms with Crippen LogP contribution in [-0.2, 0) is 6.54 Å². The van der Waals surface area contributed by atoms with Crippen LogP contribution in [0.1, 0.15) is 35.8 Å². The molecule has 1 fully saturated rings. The molecule has 8 nitrogen and oxygen atoms in total. The van der Waals surface area contributed by atoms with Gasteiger partial charge in [-0.15, -0.1) is 0 Å². The Morgan fingerprint density at radius 2 is 2.10 bits per heavy atom. The first-order valence-corrected chi connectivity index (χ1v) is 10.1. The summed E-state index contributed by atoms with van der Waals surface area (Å²) in [6, 6.07) is 9.53. The Labute approximate surface area is 175 Å². The standard InChI is InChI=1S/C22H26N6O2/c1-16-5-4-8-27(12-16)20-10-21(25-14-24-20)28-13-19(26-15-28)22(29)23-11-17-6-3-7-18(9-17)30-2/h3,6-7,9-10,13-16H,4-5,8,11-12H2,1-2H3,(H,23,29). The number of benzene rings is 1. The van der Waals surface area contributed by atoms with Crippen molar-refractivity contribution in [2.24, 2.45) is 5.92 Å². The molecule has 0 aliphatic carbocycles. The van der Waals surface area contributed by atoms with Crippen LogP contribution in [0.3, 0.4) is 0 Å². The van der Waals surface area contributed by atoms with Crippen molar-refractivity contribution < 1.29 is 9.53 Å². The first-order chi connectivity index (χ1) is 14.6. The Bertz CT molecular complexity index is 1020. The molecule has 8 heteroatoms. The first kappa shape index (κ1) is 19.9.